The van der Waals surface area contributed by atoms with Crippen LogP contribution in [0.15, 0.2) is 36.4 Å². The number of hydrogen-bond acceptors (Lipinski definition) is 2. The second kappa shape index (κ2) is 11.4. The summed E-state index contributed by atoms with van der Waals surface area (Å²) >= 11 is 0. The van der Waals surface area contributed by atoms with E-state index in [9.17, 15) is 9.50 Å². The average molecular weight is 473 g/mol. The van der Waals surface area contributed by atoms with E-state index in [0.29, 0.717) is 40.9 Å². The monoisotopic (exact) mass is 472 g/mol. The fourth-order valence-electron chi connectivity index (χ4n) is 5.63. The van der Waals surface area contributed by atoms with Crippen LogP contribution in [-0.4, -0.2) is 18.3 Å². The zero-order valence-corrected chi connectivity index (χ0v) is 19.9. The van der Waals surface area contributed by atoms with Crippen molar-refractivity contribution in [2.45, 2.75) is 70.1 Å². The van der Waals surface area contributed by atoms with Crippen molar-refractivity contribution in [1.82, 2.24) is 0 Å². The Hall–Kier alpha value is -2.27. The third-order valence-electron chi connectivity index (χ3n) is 7.73. The van der Waals surface area contributed by atoms with E-state index in [1.54, 1.807) is 24.3 Å². The molecule has 4 rings (SSSR count). The lowest BCUT2D eigenvalue weighted by Crippen LogP contribution is -2.18. The van der Waals surface area contributed by atoms with E-state index in [0.717, 1.165) is 51.4 Å². The van der Waals surface area contributed by atoms with Gasteiger partial charge in [0.05, 0.1) is 6.61 Å². The molecule has 0 heterocycles. The van der Waals surface area contributed by atoms with Gasteiger partial charge in [0.25, 0.3) is 0 Å². The fourth-order valence-corrected chi connectivity index (χ4v) is 5.63. The summed E-state index contributed by atoms with van der Waals surface area (Å²) < 4.78 is 49.7. The number of hydrogen-bond donors (Lipinski definition) is 1. The number of aliphatic hydroxyl groups excluding tert-OH is 1. The Labute approximate surface area is 200 Å². The summed E-state index contributed by atoms with van der Waals surface area (Å²) in [5.74, 6) is -0.505. The lowest BCUT2D eigenvalue weighted by Gasteiger charge is -2.30. The summed E-state index contributed by atoms with van der Waals surface area (Å²) in [6.45, 7) is 2.54. The molecular weight excluding hydrogens is 437 g/mol. The third-order valence-corrected chi connectivity index (χ3v) is 7.73. The highest BCUT2D eigenvalue weighted by atomic mass is 19.2. The molecule has 2 fully saturated rings. The van der Waals surface area contributed by atoms with Crippen molar-refractivity contribution < 1.29 is 23.0 Å². The van der Waals surface area contributed by atoms with Gasteiger partial charge < -0.3 is 9.84 Å². The first-order valence-electron chi connectivity index (χ1n) is 12.7. The molecule has 2 aliphatic rings. The van der Waals surface area contributed by atoms with Gasteiger partial charge in [-0.3, -0.25) is 0 Å². The SMILES string of the molecule is CCOc1ccc(/C=C/C2CCC(c3ccc(C4CCC(CO)CC4)c(F)c3F)CC2)c(F)c1. The van der Waals surface area contributed by atoms with Crippen molar-refractivity contribution >= 4 is 6.08 Å². The summed E-state index contributed by atoms with van der Waals surface area (Å²) in [5, 5.41) is 9.32. The standard InChI is InChI=1S/C29H35F3O2/c1-2-34-24-14-13-23(27(30)17-24)12-5-19-3-8-21(9-4-19)25-15-16-26(29(32)28(25)31)22-10-6-20(18-33)7-11-22/h5,12-17,19-22,33H,2-4,6-11,18H2,1H3/b12-5+. The molecule has 2 aromatic rings. The molecule has 0 saturated heterocycles. The first kappa shape index (κ1) is 24.8. The second-order valence-electron chi connectivity index (χ2n) is 9.86. The van der Waals surface area contributed by atoms with Crippen LogP contribution in [-0.2, 0) is 0 Å². The van der Waals surface area contributed by atoms with E-state index in [1.807, 2.05) is 19.1 Å². The number of halogens is 3. The van der Waals surface area contributed by atoms with Crippen LogP contribution in [0.3, 0.4) is 0 Å². The van der Waals surface area contributed by atoms with Gasteiger partial charge in [0, 0.05) is 18.2 Å². The number of aliphatic hydroxyl groups is 1. The maximum absolute atomic E-state index is 15.1. The number of allylic oxidation sites excluding steroid dienone is 1. The molecule has 0 radical (unpaired) electrons. The maximum Gasteiger partial charge on any atom is 0.162 e. The van der Waals surface area contributed by atoms with Crippen LogP contribution in [0.1, 0.15) is 86.8 Å². The van der Waals surface area contributed by atoms with Crippen LogP contribution in [0.4, 0.5) is 13.2 Å². The molecule has 2 aliphatic carbocycles. The molecule has 184 valence electrons. The molecule has 0 atom stereocenters. The smallest absolute Gasteiger partial charge is 0.162 e. The summed E-state index contributed by atoms with van der Waals surface area (Å²) in [6, 6.07) is 8.47. The summed E-state index contributed by atoms with van der Waals surface area (Å²) in [4.78, 5) is 0. The lowest BCUT2D eigenvalue weighted by molar-refractivity contribution is 0.181. The predicted molar refractivity (Wildman–Crippen MR) is 129 cm³/mol. The van der Waals surface area contributed by atoms with Gasteiger partial charge in [-0.05, 0) is 105 Å². The van der Waals surface area contributed by atoms with Gasteiger partial charge in [-0.1, -0.05) is 24.3 Å². The normalized spacial score (nSPS) is 25.6. The van der Waals surface area contributed by atoms with Gasteiger partial charge in [0.2, 0.25) is 0 Å². The molecule has 2 nitrogen and oxygen atoms in total. The van der Waals surface area contributed by atoms with Crippen molar-refractivity contribution in [3.8, 4) is 5.75 Å². The van der Waals surface area contributed by atoms with Gasteiger partial charge in [0.15, 0.2) is 11.6 Å². The summed E-state index contributed by atoms with van der Waals surface area (Å²) in [5.41, 5.74) is 1.51. The van der Waals surface area contributed by atoms with Crippen molar-refractivity contribution in [3.05, 3.63) is 70.5 Å². The Kier molecular flexibility index (Phi) is 8.36. The number of ether oxygens (including phenoxy) is 1. The van der Waals surface area contributed by atoms with Gasteiger partial charge in [0.1, 0.15) is 11.6 Å². The molecule has 0 aromatic heterocycles. The largest absolute Gasteiger partial charge is 0.494 e. The Morgan fingerprint density at radius 2 is 1.44 bits per heavy atom. The Bertz CT molecular complexity index is 987. The molecule has 0 amide bonds. The van der Waals surface area contributed by atoms with Crippen LogP contribution >= 0.6 is 0 Å². The Balaban J connectivity index is 1.36. The molecule has 0 bridgehead atoms. The molecule has 2 saturated carbocycles. The predicted octanol–water partition coefficient (Wildman–Crippen LogP) is 7.76. The van der Waals surface area contributed by atoms with Crippen molar-refractivity contribution in [3.63, 3.8) is 0 Å². The first-order chi connectivity index (χ1) is 16.5. The van der Waals surface area contributed by atoms with Gasteiger partial charge in [-0.2, -0.15) is 0 Å². The number of benzene rings is 2. The van der Waals surface area contributed by atoms with Crippen LogP contribution in [0, 0.1) is 29.3 Å². The van der Waals surface area contributed by atoms with Gasteiger partial charge in [-0.15, -0.1) is 0 Å². The minimum Gasteiger partial charge on any atom is -0.494 e. The number of rotatable bonds is 7. The summed E-state index contributed by atoms with van der Waals surface area (Å²) in [6.07, 6.45) is 10.5. The zero-order valence-electron chi connectivity index (χ0n) is 19.9. The van der Waals surface area contributed by atoms with Crippen molar-refractivity contribution in [2.75, 3.05) is 13.2 Å². The third kappa shape index (κ3) is 5.68. The zero-order chi connectivity index (χ0) is 24.1. The Morgan fingerprint density at radius 1 is 0.853 bits per heavy atom. The first-order valence-corrected chi connectivity index (χ1v) is 12.7. The van der Waals surface area contributed by atoms with Crippen LogP contribution < -0.4 is 4.74 Å². The summed E-state index contributed by atoms with van der Waals surface area (Å²) in [7, 11) is 0. The molecule has 5 heteroatoms. The topological polar surface area (TPSA) is 29.5 Å². The van der Waals surface area contributed by atoms with E-state index in [4.69, 9.17) is 4.74 Å². The maximum atomic E-state index is 15.1. The van der Waals surface area contributed by atoms with Gasteiger partial charge >= 0.3 is 0 Å². The highest BCUT2D eigenvalue weighted by Crippen LogP contribution is 2.41. The average Bonchev–Trinajstić information content (AvgIpc) is 2.86. The van der Waals surface area contributed by atoms with E-state index < -0.39 is 11.6 Å². The second-order valence-corrected chi connectivity index (χ2v) is 9.86. The van der Waals surface area contributed by atoms with Crippen molar-refractivity contribution in [2.24, 2.45) is 11.8 Å². The minimum atomic E-state index is -0.683. The van der Waals surface area contributed by atoms with E-state index >= 15 is 8.78 Å². The molecule has 0 aliphatic heterocycles. The molecule has 2 aromatic carbocycles. The minimum absolute atomic E-state index is 0.0144. The molecule has 0 unspecified atom stereocenters. The van der Waals surface area contributed by atoms with Crippen LogP contribution in [0.25, 0.3) is 6.08 Å². The highest BCUT2D eigenvalue weighted by molar-refractivity contribution is 5.52. The van der Waals surface area contributed by atoms with Crippen LogP contribution in [0.2, 0.25) is 0 Å². The lowest BCUT2D eigenvalue weighted by atomic mass is 9.76. The van der Waals surface area contributed by atoms with E-state index in [1.165, 1.54) is 6.07 Å². The quantitative estimate of drug-likeness (QED) is 0.446. The fraction of sp³-hybridized carbons (Fsp3) is 0.517. The van der Waals surface area contributed by atoms with Crippen LogP contribution in [0.5, 0.6) is 5.75 Å². The van der Waals surface area contributed by atoms with Crippen molar-refractivity contribution in [1.29, 1.82) is 0 Å². The van der Waals surface area contributed by atoms with E-state index in [-0.39, 0.29) is 24.3 Å². The van der Waals surface area contributed by atoms with Gasteiger partial charge in [-0.25, -0.2) is 13.2 Å². The molecular formula is C29H35F3O2. The molecule has 0 spiro atoms. The highest BCUT2D eigenvalue weighted by Gasteiger charge is 2.29. The van der Waals surface area contributed by atoms with E-state index in [2.05, 4.69) is 0 Å². The molecule has 34 heavy (non-hydrogen) atoms. The Morgan fingerprint density at radius 3 is 1.97 bits per heavy atom. The molecule has 1 N–H and O–H groups in total.